The molecule has 0 aliphatic heterocycles. The molecule has 0 radical (unpaired) electrons. The third-order valence-electron chi connectivity index (χ3n) is 2.67. The number of pyridine rings is 1. The largest absolute Gasteiger partial charge is 0.256 e. The predicted octanol–water partition coefficient (Wildman–Crippen LogP) is 2.95. The van der Waals surface area contributed by atoms with E-state index in [1.165, 1.54) is 0 Å². The fourth-order valence-electron chi connectivity index (χ4n) is 1.70. The van der Waals surface area contributed by atoms with Gasteiger partial charge in [-0.05, 0) is 17.7 Å². The van der Waals surface area contributed by atoms with Crippen LogP contribution in [0.1, 0.15) is 5.56 Å². The highest BCUT2D eigenvalue weighted by molar-refractivity contribution is 5.59. The van der Waals surface area contributed by atoms with Gasteiger partial charge in [-0.2, -0.15) is 10.5 Å². The van der Waals surface area contributed by atoms with Crippen LogP contribution in [0.4, 0.5) is 0 Å². The van der Waals surface area contributed by atoms with E-state index in [1.54, 1.807) is 6.20 Å². The van der Waals surface area contributed by atoms with Gasteiger partial charge in [0.15, 0.2) is 0 Å². The normalized spacial score (nSPS) is 9.72. The Morgan fingerprint density at radius 1 is 1.00 bits per heavy atom. The summed E-state index contributed by atoms with van der Waals surface area (Å²) in [5, 5.41) is 17.5. The molecule has 0 aliphatic carbocycles. The summed E-state index contributed by atoms with van der Waals surface area (Å²) < 4.78 is 0. The van der Waals surface area contributed by atoms with Crippen molar-refractivity contribution in [1.29, 1.82) is 10.5 Å². The Bertz CT molecular complexity index is 574. The van der Waals surface area contributed by atoms with Crippen LogP contribution in [0.5, 0.6) is 0 Å². The van der Waals surface area contributed by atoms with Gasteiger partial charge in [-0.3, -0.25) is 4.98 Å². The maximum atomic E-state index is 8.74. The van der Waals surface area contributed by atoms with Crippen molar-refractivity contribution in [3.8, 4) is 23.4 Å². The lowest BCUT2D eigenvalue weighted by atomic mass is 10.00. The van der Waals surface area contributed by atoms with Crippen LogP contribution in [0.15, 0.2) is 48.7 Å². The second-order valence-electron chi connectivity index (χ2n) is 3.93. The predicted molar refractivity (Wildman–Crippen MR) is 68.1 cm³/mol. The maximum Gasteiger partial charge on any atom is 0.137 e. The van der Waals surface area contributed by atoms with Crippen LogP contribution < -0.4 is 0 Å². The number of hydrogen-bond acceptors (Lipinski definition) is 3. The van der Waals surface area contributed by atoms with Crippen molar-refractivity contribution in [2.75, 3.05) is 0 Å². The summed E-state index contributed by atoms with van der Waals surface area (Å²) in [6, 6.07) is 17.5. The molecule has 0 atom stereocenters. The van der Waals surface area contributed by atoms with Gasteiger partial charge in [-0.15, -0.1) is 0 Å². The van der Waals surface area contributed by atoms with Crippen LogP contribution >= 0.6 is 0 Å². The van der Waals surface area contributed by atoms with Crippen molar-refractivity contribution in [3.05, 3.63) is 54.2 Å². The van der Waals surface area contributed by atoms with Crippen LogP contribution in [0.3, 0.4) is 0 Å². The Balaban J connectivity index is 2.17. The van der Waals surface area contributed by atoms with Gasteiger partial charge < -0.3 is 0 Å². The lowest BCUT2D eigenvalue weighted by molar-refractivity contribution is 0.834. The molecule has 0 bridgehead atoms. The molecular formula is C15H11N3. The molecule has 0 saturated carbocycles. The minimum atomic E-state index is -0.578. The van der Waals surface area contributed by atoms with E-state index in [0.29, 0.717) is 6.42 Å². The third-order valence-corrected chi connectivity index (χ3v) is 2.67. The van der Waals surface area contributed by atoms with E-state index < -0.39 is 5.92 Å². The number of benzene rings is 1. The quantitative estimate of drug-likeness (QED) is 0.818. The summed E-state index contributed by atoms with van der Waals surface area (Å²) in [4.78, 5) is 4.27. The average Bonchev–Trinajstić information content (AvgIpc) is 2.46. The molecule has 1 heterocycles. The molecule has 0 saturated heterocycles. The summed E-state index contributed by atoms with van der Waals surface area (Å²) >= 11 is 0. The van der Waals surface area contributed by atoms with Crippen molar-refractivity contribution in [2.24, 2.45) is 5.92 Å². The Labute approximate surface area is 106 Å². The fraction of sp³-hybridized carbons (Fsp3) is 0.133. The van der Waals surface area contributed by atoms with E-state index in [4.69, 9.17) is 10.5 Å². The van der Waals surface area contributed by atoms with Gasteiger partial charge >= 0.3 is 0 Å². The minimum Gasteiger partial charge on any atom is -0.256 e. The molecule has 0 amide bonds. The lowest BCUT2D eigenvalue weighted by Crippen LogP contribution is -1.98. The summed E-state index contributed by atoms with van der Waals surface area (Å²) in [5.41, 5.74) is 2.94. The van der Waals surface area contributed by atoms with E-state index in [1.807, 2.05) is 54.6 Å². The van der Waals surface area contributed by atoms with Crippen molar-refractivity contribution in [3.63, 3.8) is 0 Å². The Morgan fingerprint density at radius 3 is 2.28 bits per heavy atom. The maximum absolute atomic E-state index is 8.74. The number of hydrogen-bond donors (Lipinski definition) is 0. The first-order valence-corrected chi connectivity index (χ1v) is 5.63. The van der Waals surface area contributed by atoms with Crippen molar-refractivity contribution < 1.29 is 0 Å². The molecule has 18 heavy (non-hydrogen) atoms. The van der Waals surface area contributed by atoms with Gasteiger partial charge in [0.05, 0.1) is 17.8 Å². The van der Waals surface area contributed by atoms with E-state index in [0.717, 1.165) is 16.8 Å². The third kappa shape index (κ3) is 2.72. The van der Waals surface area contributed by atoms with Gasteiger partial charge in [0.2, 0.25) is 0 Å². The molecule has 2 aromatic rings. The molecule has 2 rings (SSSR count). The van der Waals surface area contributed by atoms with Crippen LogP contribution in [-0.4, -0.2) is 4.98 Å². The fourth-order valence-corrected chi connectivity index (χ4v) is 1.70. The number of rotatable bonds is 3. The van der Waals surface area contributed by atoms with Crippen LogP contribution in [0, 0.1) is 28.6 Å². The van der Waals surface area contributed by atoms with Crippen molar-refractivity contribution in [2.45, 2.75) is 6.42 Å². The second kappa shape index (κ2) is 5.61. The summed E-state index contributed by atoms with van der Waals surface area (Å²) in [7, 11) is 0. The Kier molecular flexibility index (Phi) is 3.69. The van der Waals surface area contributed by atoms with E-state index >= 15 is 0 Å². The van der Waals surface area contributed by atoms with Gasteiger partial charge in [0.1, 0.15) is 5.92 Å². The highest BCUT2D eigenvalue weighted by Crippen LogP contribution is 2.18. The van der Waals surface area contributed by atoms with Crippen molar-refractivity contribution >= 4 is 0 Å². The highest BCUT2D eigenvalue weighted by atomic mass is 14.7. The van der Waals surface area contributed by atoms with E-state index in [-0.39, 0.29) is 0 Å². The van der Waals surface area contributed by atoms with Gasteiger partial charge in [-0.25, -0.2) is 0 Å². The molecule has 0 unspecified atom stereocenters. The lowest BCUT2D eigenvalue weighted by Gasteiger charge is -2.03. The van der Waals surface area contributed by atoms with Crippen LogP contribution in [-0.2, 0) is 6.42 Å². The topological polar surface area (TPSA) is 60.5 Å². The molecule has 0 N–H and O–H groups in total. The zero-order valence-corrected chi connectivity index (χ0v) is 9.74. The smallest absolute Gasteiger partial charge is 0.137 e. The highest BCUT2D eigenvalue weighted by Gasteiger charge is 2.06. The molecule has 3 nitrogen and oxygen atoms in total. The number of aromatic nitrogens is 1. The van der Waals surface area contributed by atoms with Gasteiger partial charge in [0.25, 0.3) is 0 Å². The average molecular weight is 233 g/mol. The molecule has 86 valence electrons. The Hall–Kier alpha value is -2.65. The standard InChI is InChI=1S/C15H11N3/c16-10-13(11-17)9-12-4-6-14(7-5-12)15-3-1-2-8-18-15/h1-8,13H,9H2. The molecule has 0 fully saturated rings. The zero-order valence-electron chi connectivity index (χ0n) is 9.74. The van der Waals surface area contributed by atoms with Crippen molar-refractivity contribution in [1.82, 2.24) is 4.98 Å². The molecular weight excluding hydrogens is 222 g/mol. The van der Waals surface area contributed by atoms with Gasteiger partial charge in [0, 0.05) is 18.2 Å². The summed E-state index contributed by atoms with van der Waals surface area (Å²) in [6.45, 7) is 0. The minimum absolute atomic E-state index is 0.468. The van der Waals surface area contributed by atoms with E-state index in [2.05, 4.69) is 4.98 Å². The first-order valence-electron chi connectivity index (χ1n) is 5.63. The summed E-state index contributed by atoms with van der Waals surface area (Å²) in [6.07, 6.45) is 2.22. The molecule has 0 spiro atoms. The van der Waals surface area contributed by atoms with E-state index in [9.17, 15) is 0 Å². The van der Waals surface area contributed by atoms with Gasteiger partial charge in [-0.1, -0.05) is 30.3 Å². The second-order valence-corrected chi connectivity index (χ2v) is 3.93. The first-order chi connectivity index (χ1) is 8.83. The summed E-state index contributed by atoms with van der Waals surface area (Å²) in [5.74, 6) is -0.578. The monoisotopic (exact) mass is 233 g/mol. The molecule has 0 aliphatic rings. The number of nitriles is 2. The Morgan fingerprint density at radius 2 is 1.72 bits per heavy atom. The van der Waals surface area contributed by atoms with Crippen LogP contribution in [0.2, 0.25) is 0 Å². The molecule has 3 heteroatoms. The molecule has 1 aromatic heterocycles. The van der Waals surface area contributed by atoms with Crippen LogP contribution in [0.25, 0.3) is 11.3 Å². The molecule has 1 aromatic carbocycles. The SMILES string of the molecule is N#CC(C#N)Cc1ccc(-c2ccccn2)cc1. The zero-order chi connectivity index (χ0) is 12.8. The first kappa shape index (κ1) is 11.8. The number of nitrogens with zero attached hydrogens (tertiary/aromatic N) is 3.